The number of esters is 2. The second-order valence-corrected chi connectivity index (χ2v) is 8.29. The normalized spacial score (nSPS) is 10.4. The van der Waals surface area contributed by atoms with E-state index in [0.717, 1.165) is 19.3 Å². The minimum atomic E-state index is -0.546. The Bertz CT molecular complexity index is 1190. The van der Waals surface area contributed by atoms with Crippen LogP contribution in [-0.4, -0.2) is 44.3 Å². The van der Waals surface area contributed by atoms with Gasteiger partial charge in [-0.05, 0) is 81.1 Å². The molecule has 3 aromatic rings. The molecule has 0 atom stereocenters. The van der Waals surface area contributed by atoms with Crippen molar-refractivity contribution in [3.8, 4) is 11.5 Å². The van der Waals surface area contributed by atoms with Gasteiger partial charge in [0, 0.05) is 5.56 Å². The van der Waals surface area contributed by atoms with Crippen molar-refractivity contribution in [3.63, 3.8) is 0 Å². The van der Waals surface area contributed by atoms with Gasteiger partial charge in [0.25, 0.3) is 5.91 Å². The van der Waals surface area contributed by atoms with E-state index < -0.39 is 17.8 Å². The van der Waals surface area contributed by atoms with Crippen molar-refractivity contribution in [2.24, 2.45) is 0 Å². The molecule has 0 aliphatic carbocycles. The molecule has 0 aliphatic heterocycles. The number of benzene rings is 3. The number of carbonyl (C=O) groups is 3. The zero-order chi connectivity index (χ0) is 27.2. The smallest absolute Gasteiger partial charge is 0.344 e. The predicted octanol–water partition coefficient (Wildman–Crippen LogP) is 5.46. The minimum absolute atomic E-state index is 0.211. The number of aryl methyl sites for hydroxylation is 1. The number of hydrogen-bond acceptors (Lipinski definition) is 7. The highest BCUT2D eigenvalue weighted by Crippen LogP contribution is 2.27. The van der Waals surface area contributed by atoms with Crippen LogP contribution in [0.4, 0.5) is 5.69 Å². The molecule has 0 aromatic heterocycles. The van der Waals surface area contributed by atoms with Crippen LogP contribution in [0.3, 0.4) is 0 Å². The molecule has 3 rings (SSSR count). The summed E-state index contributed by atoms with van der Waals surface area (Å²) in [5.41, 5.74) is 2.16. The van der Waals surface area contributed by atoms with E-state index in [0.29, 0.717) is 17.9 Å². The Morgan fingerprint density at radius 3 is 2.18 bits per heavy atom. The van der Waals surface area contributed by atoms with Crippen LogP contribution in [0.1, 0.15) is 53.0 Å². The third-order valence-electron chi connectivity index (χ3n) is 5.48. The number of nitrogens with one attached hydrogen (secondary N) is 1. The van der Waals surface area contributed by atoms with Crippen LogP contribution >= 0.6 is 0 Å². The maximum absolute atomic E-state index is 12.9. The van der Waals surface area contributed by atoms with Gasteiger partial charge in [-0.15, -0.1) is 0 Å². The number of hydrogen-bond donors (Lipinski definition) is 1. The van der Waals surface area contributed by atoms with Crippen molar-refractivity contribution in [2.75, 3.05) is 31.7 Å². The number of ether oxygens (including phenoxy) is 4. The summed E-state index contributed by atoms with van der Waals surface area (Å²) < 4.78 is 21.3. The maximum atomic E-state index is 12.9. The lowest BCUT2D eigenvalue weighted by molar-refractivity contribution is -0.145. The minimum Gasteiger partial charge on any atom is -0.494 e. The fourth-order valence-corrected chi connectivity index (χ4v) is 3.60. The summed E-state index contributed by atoms with van der Waals surface area (Å²) in [4.78, 5) is 36.9. The van der Waals surface area contributed by atoms with Gasteiger partial charge >= 0.3 is 11.9 Å². The molecule has 0 unspecified atom stereocenters. The van der Waals surface area contributed by atoms with Crippen molar-refractivity contribution in [1.29, 1.82) is 0 Å². The van der Waals surface area contributed by atoms with E-state index >= 15 is 0 Å². The van der Waals surface area contributed by atoms with Crippen LogP contribution in [0.2, 0.25) is 0 Å². The summed E-state index contributed by atoms with van der Waals surface area (Å²) in [5, 5.41) is 2.75. The van der Waals surface area contributed by atoms with Gasteiger partial charge in [-0.2, -0.15) is 0 Å². The second-order valence-electron chi connectivity index (χ2n) is 8.29. The quantitative estimate of drug-likeness (QED) is 0.223. The van der Waals surface area contributed by atoms with Crippen molar-refractivity contribution < 1.29 is 33.3 Å². The molecule has 1 amide bonds. The molecule has 0 aliphatic rings. The monoisotopic (exact) mass is 519 g/mol. The number of carbonyl (C=O) groups excluding carboxylic acids is 3. The zero-order valence-corrected chi connectivity index (χ0v) is 21.7. The summed E-state index contributed by atoms with van der Waals surface area (Å²) in [5.74, 6) is -0.611. The molecule has 200 valence electrons. The van der Waals surface area contributed by atoms with Crippen LogP contribution in [0, 0.1) is 0 Å². The first-order chi connectivity index (χ1) is 18.5. The SMILES string of the molecule is CCOC(=O)COc1ccc(C(=O)OCC)cc1NC(=O)c1ccc(OCCCCc2ccccc2)cc1. The van der Waals surface area contributed by atoms with E-state index in [1.54, 1.807) is 38.1 Å². The van der Waals surface area contributed by atoms with Crippen LogP contribution in [0.5, 0.6) is 11.5 Å². The summed E-state index contributed by atoms with van der Waals surface area (Å²) in [7, 11) is 0. The number of rotatable bonds is 14. The Morgan fingerprint density at radius 1 is 0.763 bits per heavy atom. The van der Waals surface area contributed by atoms with E-state index in [2.05, 4.69) is 17.4 Å². The Labute approximate surface area is 222 Å². The molecule has 0 saturated carbocycles. The summed E-state index contributed by atoms with van der Waals surface area (Å²) in [6, 6.07) is 21.6. The second kappa shape index (κ2) is 15.0. The highest BCUT2D eigenvalue weighted by Gasteiger charge is 2.16. The summed E-state index contributed by atoms with van der Waals surface area (Å²) in [6.45, 7) is 4.08. The van der Waals surface area contributed by atoms with Gasteiger partial charge in [0.15, 0.2) is 6.61 Å². The number of unbranched alkanes of at least 4 members (excludes halogenated alkanes) is 1. The molecule has 8 heteroatoms. The molecular formula is C30H33NO7. The lowest BCUT2D eigenvalue weighted by atomic mass is 10.1. The molecule has 0 fully saturated rings. The summed E-state index contributed by atoms with van der Waals surface area (Å²) >= 11 is 0. The van der Waals surface area contributed by atoms with E-state index in [4.69, 9.17) is 18.9 Å². The molecule has 0 spiro atoms. The molecular weight excluding hydrogens is 486 g/mol. The van der Waals surface area contributed by atoms with Gasteiger partial charge in [0.2, 0.25) is 0 Å². The Hall–Kier alpha value is -4.33. The van der Waals surface area contributed by atoms with Crippen molar-refractivity contribution in [3.05, 3.63) is 89.5 Å². The maximum Gasteiger partial charge on any atom is 0.344 e. The van der Waals surface area contributed by atoms with Crippen LogP contribution in [-0.2, 0) is 20.7 Å². The third kappa shape index (κ3) is 8.96. The largest absolute Gasteiger partial charge is 0.494 e. The highest BCUT2D eigenvalue weighted by molar-refractivity contribution is 6.05. The Morgan fingerprint density at radius 2 is 1.47 bits per heavy atom. The van der Waals surface area contributed by atoms with E-state index in [9.17, 15) is 14.4 Å². The average Bonchev–Trinajstić information content (AvgIpc) is 2.93. The molecule has 0 heterocycles. The highest BCUT2D eigenvalue weighted by atomic mass is 16.6. The lowest BCUT2D eigenvalue weighted by Crippen LogP contribution is -2.17. The van der Waals surface area contributed by atoms with Crippen molar-refractivity contribution in [2.45, 2.75) is 33.1 Å². The molecule has 38 heavy (non-hydrogen) atoms. The van der Waals surface area contributed by atoms with Gasteiger partial charge in [0.1, 0.15) is 11.5 Å². The topological polar surface area (TPSA) is 100 Å². The molecule has 3 aromatic carbocycles. The Balaban J connectivity index is 1.59. The molecule has 0 radical (unpaired) electrons. The van der Waals surface area contributed by atoms with Crippen LogP contribution < -0.4 is 14.8 Å². The van der Waals surface area contributed by atoms with Crippen LogP contribution in [0.25, 0.3) is 0 Å². The van der Waals surface area contributed by atoms with E-state index in [1.807, 2.05) is 18.2 Å². The van der Waals surface area contributed by atoms with Crippen molar-refractivity contribution >= 4 is 23.5 Å². The standard InChI is InChI=1S/C30H33NO7/c1-3-35-28(32)21-38-27-18-15-24(30(34)36-4-2)20-26(27)31-29(33)23-13-16-25(17-14-23)37-19-9-8-12-22-10-6-5-7-11-22/h5-7,10-11,13-18,20H,3-4,8-9,12,19,21H2,1-2H3,(H,31,33). The molecule has 0 bridgehead atoms. The fourth-order valence-electron chi connectivity index (χ4n) is 3.60. The fraction of sp³-hybridized carbons (Fsp3) is 0.300. The first kappa shape index (κ1) is 28.2. The van der Waals surface area contributed by atoms with Gasteiger partial charge in [-0.3, -0.25) is 4.79 Å². The van der Waals surface area contributed by atoms with Gasteiger partial charge < -0.3 is 24.3 Å². The lowest BCUT2D eigenvalue weighted by Gasteiger charge is -2.14. The third-order valence-corrected chi connectivity index (χ3v) is 5.48. The predicted molar refractivity (Wildman–Crippen MR) is 144 cm³/mol. The number of amides is 1. The van der Waals surface area contributed by atoms with Crippen molar-refractivity contribution in [1.82, 2.24) is 0 Å². The van der Waals surface area contributed by atoms with E-state index in [1.165, 1.54) is 23.8 Å². The average molecular weight is 520 g/mol. The Kier molecular flexibility index (Phi) is 11.2. The molecule has 1 N–H and O–H groups in total. The number of anilines is 1. The van der Waals surface area contributed by atoms with Gasteiger partial charge in [0.05, 0.1) is 31.1 Å². The first-order valence-electron chi connectivity index (χ1n) is 12.7. The van der Waals surface area contributed by atoms with E-state index in [-0.39, 0.29) is 36.8 Å². The zero-order valence-electron chi connectivity index (χ0n) is 21.7. The molecule has 0 saturated heterocycles. The molecule has 8 nitrogen and oxygen atoms in total. The van der Waals surface area contributed by atoms with Gasteiger partial charge in [-0.25, -0.2) is 9.59 Å². The van der Waals surface area contributed by atoms with Gasteiger partial charge in [-0.1, -0.05) is 30.3 Å². The van der Waals surface area contributed by atoms with Crippen LogP contribution in [0.15, 0.2) is 72.8 Å². The first-order valence-corrected chi connectivity index (χ1v) is 12.7. The summed E-state index contributed by atoms with van der Waals surface area (Å²) in [6.07, 6.45) is 2.95.